The van der Waals surface area contributed by atoms with E-state index in [9.17, 15) is 4.79 Å². The Kier molecular flexibility index (Phi) is 4.57. The SMILES string of the molecule is COc1ccccc1C1NC(C)C(=O)N1CCC(C)(C)C. The molecule has 0 radical (unpaired) electrons. The maximum Gasteiger partial charge on any atom is 0.241 e. The molecule has 0 spiro atoms. The van der Waals surface area contributed by atoms with Crippen LogP contribution in [0.3, 0.4) is 0 Å². The topological polar surface area (TPSA) is 41.6 Å². The molecule has 4 heteroatoms. The van der Waals surface area contributed by atoms with Crippen LogP contribution in [0.25, 0.3) is 0 Å². The predicted molar refractivity (Wildman–Crippen MR) is 84.1 cm³/mol. The van der Waals surface area contributed by atoms with E-state index in [1.807, 2.05) is 36.1 Å². The highest BCUT2D eigenvalue weighted by Gasteiger charge is 2.38. The molecule has 0 aromatic heterocycles. The zero-order valence-corrected chi connectivity index (χ0v) is 13.6. The van der Waals surface area contributed by atoms with Crippen molar-refractivity contribution < 1.29 is 9.53 Å². The van der Waals surface area contributed by atoms with Gasteiger partial charge in [-0.05, 0) is 24.8 Å². The molecule has 1 fully saturated rings. The van der Waals surface area contributed by atoms with Crippen molar-refractivity contribution in [3.8, 4) is 5.75 Å². The first-order chi connectivity index (χ1) is 9.83. The Morgan fingerprint density at radius 1 is 1.29 bits per heavy atom. The number of ether oxygens (including phenoxy) is 1. The summed E-state index contributed by atoms with van der Waals surface area (Å²) in [6, 6.07) is 7.73. The maximum atomic E-state index is 12.4. The lowest BCUT2D eigenvalue weighted by Gasteiger charge is -2.29. The second kappa shape index (κ2) is 6.06. The molecule has 0 bridgehead atoms. The first kappa shape index (κ1) is 15.8. The minimum absolute atomic E-state index is 0.106. The molecule has 1 aliphatic rings. The number of amides is 1. The summed E-state index contributed by atoms with van der Waals surface area (Å²) in [6.45, 7) is 9.26. The Labute approximate surface area is 127 Å². The van der Waals surface area contributed by atoms with Crippen LogP contribution in [-0.2, 0) is 4.79 Å². The lowest BCUT2D eigenvalue weighted by Crippen LogP contribution is -2.33. The van der Waals surface area contributed by atoms with Gasteiger partial charge in [0.05, 0.1) is 13.2 Å². The number of nitrogens with zero attached hydrogens (tertiary/aromatic N) is 1. The Balaban J connectivity index is 2.25. The first-order valence-electron chi connectivity index (χ1n) is 7.53. The second-order valence-corrected chi connectivity index (χ2v) is 6.88. The van der Waals surface area contributed by atoms with Crippen LogP contribution in [0, 0.1) is 5.41 Å². The summed E-state index contributed by atoms with van der Waals surface area (Å²) in [7, 11) is 1.67. The molecule has 0 saturated carbocycles. The molecule has 1 aliphatic heterocycles. The zero-order chi connectivity index (χ0) is 15.6. The van der Waals surface area contributed by atoms with Gasteiger partial charge in [0.25, 0.3) is 0 Å². The van der Waals surface area contributed by atoms with E-state index in [1.165, 1.54) is 0 Å². The molecule has 1 aromatic rings. The summed E-state index contributed by atoms with van der Waals surface area (Å²) < 4.78 is 5.44. The number of carbonyl (C=O) groups is 1. The highest BCUT2D eigenvalue weighted by Crippen LogP contribution is 2.33. The fraction of sp³-hybridized carbons (Fsp3) is 0.588. The van der Waals surface area contributed by atoms with Gasteiger partial charge in [-0.2, -0.15) is 0 Å². The molecule has 4 nitrogen and oxygen atoms in total. The van der Waals surface area contributed by atoms with E-state index in [0.717, 1.165) is 24.3 Å². The number of carbonyl (C=O) groups excluding carboxylic acids is 1. The van der Waals surface area contributed by atoms with Crippen molar-refractivity contribution in [3.05, 3.63) is 29.8 Å². The number of hydrogen-bond donors (Lipinski definition) is 1. The van der Waals surface area contributed by atoms with Crippen LogP contribution < -0.4 is 10.1 Å². The van der Waals surface area contributed by atoms with Crippen LogP contribution in [0.4, 0.5) is 0 Å². The lowest BCUT2D eigenvalue weighted by molar-refractivity contribution is -0.130. The van der Waals surface area contributed by atoms with Crippen molar-refractivity contribution >= 4 is 5.91 Å². The second-order valence-electron chi connectivity index (χ2n) is 6.88. The molecular weight excluding hydrogens is 264 g/mol. The molecule has 0 aliphatic carbocycles. The molecule has 1 saturated heterocycles. The summed E-state index contributed by atoms with van der Waals surface area (Å²) in [4.78, 5) is 14.4. The van der Waals surface area contributed by atoms with Gasteiger partial charge < -0.3 is 9.64 Å². The number of nitrogens with one attached hydrogen (secondary N) is 1. The Morgan fingerprint density at radius 2 is 1.95 bits per heavy atom. The van der Waals surface area contributed by atoms with Gasteiger partial charge >= 0.3 is 0 Å². The Bertz CT molecular complexity index is 508. The van der Waals surface area contributed by atoms with Crippen molar-refractivity contribution in [2.45, 2.75) is 46.3 Å². The smallest absolute Gasteiger partial charge is 0.241 e. The van der Waals surface area contributed by atoms with Crippen LogP contribution >= 0.6 is 0 Å². The van der Waals surface area contributed by atoms with Gasteiger partial charge in [-0.1, -0.05) is 39.0 Å². The van der Waals surface area contributed by atoms with Crippen LogP contribution in [0.15, 0.2) is 24.3 Å². The van der Waals surface area contributed by atoms with Gasteiger partial charge in [-0.15, -0.1) is 0 Å². The van der Waals surface area contributed by atoms with Crippen molar-refractivity contribution in [1.82, 2.24) is 10.2 Å². The molecule has 21 heavy (non-hydrogen) atoms. The van der Waals surface area contributed by atoms with E-state index in [1.54, 1.807) is 7.11 Å². The molecule has 2 rings (SSSR count). The minimum Gasteiger partial charge on any atom is -0.496 e. The number of benzene rings is 1. The van der Waals surface area contributed by atoms with Gasteiger partial charge in [0.15, 0.2) is 0 Å². The largest absolute Gasteiger partial charge is 0.496 e. The quantitative estimate of drug-likeness (QED) is 0.927. The van der Waals surface area contributed by atoms with Crippen LogP contribution in [0.2, 0.25) is 0 Å². The molecule has 116 valence electrons. The minimum atomic E-state index is -0.153. The summed E-state index contributed by atoms with van der Waals surface area (Å²) in [5.41, 5.74) is 1.23. The molecular formula is C17H26N2O2. The van der Waals surface area contributed by atoms with E-state index in [-0.39, 0.29) is 23.5 Å². The van der Waals surface area contributed by atoms with Gasteiger partial charge in [0.1, 0.15) is 11.9 Å². The van der Waals surface area contributed by atoms with Crippen LogP contribution in [0.1, 0.15) is 45.8 Å². The third kappa shape index (κ3) is 3.56. The predicted octanol–water partition coefficient (Wildman–Crippen LogP) is 2.95. The number of para-hydroxylation sites is 1. The maximum absolute atomic E-state index is 12.4. The van der Waals surface area contributed by atoms with Crippen molar-refractivity contribution in [2.24, 2.45) is 5.41 Å². The number of rotatable bonds is 4. The molecule has 1 heterocycles. The number of methoxy groups -OCH3 is 1. The summed E-state index contributed by atoms with van der Waals surface area (Å²) in [6.07, 6.45) is 0.865. The van der Waals surface area contributed by atoms with Crippen LogP contribution in [-0.4, -0.2) is 30.5 Å². The van der Waals surface area contributed by atoms with Gasteiger partial charge in [-0.3, -0.25) is 10.1 Å². The zero-order valence-electron chi connectivity index (χ0n) is 13.6. The first-order valence-corrected chi connectivity index (χ1v) is 7.53. The third-order valence-electron chi connectivity index (χ3n) is 3.91. The van der Waals surface area contributed by atoms with E-state index in [0.29, 0.717) is 0 Å². The number of hydrogen-bond acceptors (Lipinski definition) is 3. The van der Waals surface area contributed by atoms with E-state index < -0.39 is 0 Å². The van der Waals surface area contributed by atoms with Crippen LogP contribution in [0.5, 0.6) is 5.75 Å². The normalized spacial score (nSPS) is 22.7. The van der Waals surface area contributed by atoms with Gasteiger partial charge in [0, 0.05) is 12.1 Å². The third-order valence-corrected chi connectivity index (χ3v) is 3.91. The summed E-state index contributed by atoms with van der Waals surface area (Å²) >= 11 is 0. The van der Waals surface area contributed by atoms with E-state index in [2.05, 4.69) is 26.1 Å². The van der Waals surface area contributed by atoms with Crippen molar-refractivity contribution in [1.29, 1.82) is 0 Å². The van der Waals surface area contributed by atoms with E-state index in [4.69, 9.17) is 4.74 Å². The summed E-state index contributed by atoms with van der Waals surface area (Å²) in [5.74, 6) is 0.979. The molecule has 2 unspecified atom stereocenters. The fourth-order valence-corrected chi connectivity index (χ4v) is 2.62. The van der Waals surface area contributed by atoms with E-state index >= 15 is 0 Å². The standard InChI is InChI=1S/C17H26N2O2/c1-12-16(20)19(11-10-17(2,3)4)15(18-12)13-8-6-7-9-14(13)21-5/h6-9,12,15,18H,10-11H2,1-5H3. The average Bonchev–Trinajstić information content (AvgIpc) is 2.71. The molecule has 1 amide bonds. The molecule has 1 N–H and O–H groups in total. The average molecular weight is 290 g/mol. The lowest BCUT2D eigenvalue weighted by atomic mass is 9.92. The van der Waals surface area contributed by atoms with Crippen molar-refractivity contribution in [3.63, 3.8) is 0 Å². The molecule has 2 atom stereocenters. The highest BCUT2D eigenvalue weighted by atomic mass is 16.5. The highest BCUT2D eigenvalue weighted by molar-refractivity contribution is 5.84. The van der Waals surface area contributed by atoms with Gasteiger partial charge in [0.2, 0.25) is 5.91 Å². The van der Waals surface area contributed by atoms with Crippen molar-refractivity contribution in [2.75, 3.05) is 13.7 Å². The summed E-state index contributed by atoms with van der Waals surface area (Å²) in [5, 5.41) is 3.38. The Morgan fingerprint density at radius 3 is 2.57 bits per heavy atom. The molecule has 1 aromatic carbocycles. The monoisotopic (exact) mass is 290 g/mol. The Hall–Kier alpha value is -1.55. The fourth-order valence-electron chi connectivity index (χ4n) is 2.62. The van der Waals surface area contributed by atoms with Gasteiger partial charge in [-0.25, -0.2) is 0 Å².